The Morgan fingerprint density at radius 3 is 2.54 bits per heavy atom. The zero-order valence-electron chi connectivity index (χ0n) is 16.7. The molecule has 2 aliphatic heterocycles. The molecule has 0 amide bonds. The Morgan fingerprint density at radius 2 is 1.73 bits per heavy atom. The van der Waals surface area contributed by atoms with Gasteiger partial charge in [0.1, 0.15) is 0 Å². The second kappa shape index (κ2) is 5.48. The van der Waals surface area contributed by atoms with Crippen LogP contribution in [0.1, 0.15) is 71.6 Å². The number of aliphatic hydroxyl groups is 1. The first-order valence-corrected chi connectivity index (χ1v) is 11.6. The first-order chi connectivity index (χ1) is 12.5. The zero-order chi connectivity index (χ0) is 17.7. The molecule has 1 unspecified atom stereocenters. The van der Waals surface area contributed by atoms with E-state index >= 15 is 0 Å². The summed E-state index contributed by atoms with van der Waals surface area (Å²) < 4.78 is 5.98. The second-order valence-electron chi connectivity index (χ2n) is 11.3. The molecule has 0 aromatic heterocycles. The van der Waals surface area contributed by atoms with E-state index in [-0.39, 0.29) is 11.5 Å². The van der Waals surface area contributed by atoms with E-state index in [2.05, 4.69) is 18.7 Å². The van der Waals surface area contributed by atoms with Crippen LogP contribution in [0.25, 0.3) is 0 Å². The predicted molar refractivity (Wildman–Crippen MR) is 102 cm³/mol. The van der Waals surface area contributed by atoms with Crippen molar-refractivity contribution in [2.45, 2.75) is 96.0 Å². The minimum absolute atomic E-state index is 0.0976. The molecule has 6 aliphatic rings. The third-order valence-corrected chi connectivity index (χ3v) is 10.5. The Morgan fingerprint density at radius 1 is 0.923 bits per heavy atom. The van der Waals surface area contributed by atoms with Crippen LogP contribution in [0.15, 0.2) is 0 Å². The normalized spacial score (nSPS) is 61.5. The molecule has 26 heavy (non-hydrogen) atoms. The molecular weight excluding hydrogens is 322 g/mol. The Kier molecular flexibility index (Phi) is 3.54. The molecule has 146 valence electrons. The van der Waals surface area contributed by atoms with Crippen LogP contribution in [-0.4, -0.2) is 47.4 Å². The molecule has 0 radical (unpaired) electrons. The van der Waals surface area contributed by atoms with E-state index in [9.17, 15) is 5.11 Å². The van der Waals surface area contributed by atoms with Gasteiger partial charge in [-0.1, -0.05) is 13.8 Å². The number of hydrogen-bond donors (Lipinski definition) is 1. The van der Waals surface area contributed by atoms with E-state index in [1.165, 1.54) is 70.9 Å². The zero-order valence-corrected chi connectivity index (χ0v) is 16.7. The van der Waals surface area contributed by atoms with Crippen LogP contribution in [-0.2, 0) is 4.74 Å². The Bertz CT molecular complexity index is 589. The van der Waals surface area contributed by atoms with Gasteiger partial charge in [-0.05, 0) is 105 Å². The van der Waals surface area contributed by atoms with Crippen molar-refractivity contribution in [3.05, 3.63) is 0 Å². The van der Waals surface area contributed by atoms with Gasteiger partial charge in [-0.2, -0.15) is 0 Å². The average Bonchev–Trinajstić information content (AvgIpc) is 3.02. The van der Waals surface area contributed by atoms with Gasteiger partial charge in [-0.3, -0.25) is 4.90 Å². The van der Waals surface area contributed by atoms with E-state index in [1.54, 1.807) is 0 Å². The van der Waals surface area contributed by atoms with Gasteiger partial charge in [-0.25, -0.2) is 0 Å². The lowest BCUT2D eigenvalue weighted by Crippen LogP contribution is -2.54. The summed E-state index contributed by atoms with van der Waals surface area (Å²) in [5.41, 5.74) is 0.684. The highest BCUT2D eigenvalue weighted by molar-refractivity contribution is 5.15. The lowest BCUT2D eigenvalue weighted by Gasteiger charge is -2.59. The van der Waals surface area contributed by atoms with Crippen LogP contribution in [0.2, 0.25) is 0 Å². The average molecular weight is 360 g/mol. The lowest BCUT2D eigenvalue weighted by molar-refractivity contribution is -0.119. The molecule has 2 heterocycles. The molecule has 0 aromatic rings. The van der Waals surface area contributed by atoms with Crippen molar-refractivity contribution in [2.75, 3.05) is 13.1 Å². The Hall–Kier alpha value is -0.120. The largest absolute Gasteiger partial charge is 0.391 e. The third kappa shape index (κ3) is 2.12. The molecule has 2 saturated heterocycles. The summed E-state index contributed by atoms with van der Waals surface area (Å²) in [5, 5.41) is 11.4. The first kappa shape index (κ1) is 16.8. The molecule has 0 aromatic carbocycles. The third-order valence-electron chi connectivity index (χ3n) is 10.5. The lowest BCUT2D eigenvalue weighted by atomic mass is 9.45. The minimum Gasteiger partial charge on any atom is -0.391 e. The van der Waals surface area contributed by atoms with Gasteiger partial charge in [0.05, 0.1) is 18.3 Å². The number of fused-ring (bicyclic) bond motifs is 6. The van der Waals surface area contributed by atoms with Crippen LogP contribution in [0.4, 0.5) is 0 Å². The molecule has 10 atom stereocenters. The molecule has 4 saturated carbocycles. The molecule has 3 nitrogen and oxygen atoms in total. The highest BCUT2D eigenvalue weighted by atomic mass is 16.6. The molecule has 6 fully saturated rings. The van der Waals surface area contributed by atoms with Crippen LogP contribution in [0, 0.1) is 34.5 Å². The number of likely N-dealkylation sites (tertiary alicyclic amines) is 1. The molecule has 4 aliphatic carbocycles. The number of nitrogens with zero attached hydrogens (tertiary/aromatic N) is 1. The van der Waals surface area contributed by atoms with Crippen molar-refractivity contribution >= 4 is 0 Å². The van der Waals surface area contributed by atoms with Crippen molar-refractivity contribution in [3.63, 3.8) is 0 Å². The fraction of sp³-hybridized carbons (Fsp3) is 1.00. The van der Waals surface area contributed by atoms with E-state index in [0.29, 0.717) is 23.7 Å². The SMILES string of the molecule is C[C@]12CC3O[C@@H]3C[C@@H]1CC[C@@H]1[C@@H]2CC[C@]2(C)[C@@H](O)[C@H](N3CCCC3)C[C@@H]12. The molecule has 3 heteroatoms. The molecule has 0 spiro atoms. The summed E-state index contributed by atoms with van der Waals surface area (Å²) in [6.07, 6.45) is 13.1. The number of epoxide rings is 1. The number of rotatable bonds is 1. The van der Waals surface area contributed by atoms with Crippen molar-refractivity contribution in [2.24, 2.45) is 34.5 Å². The number of aliphatic hydroxyl groups excluding tert-OH is 1. The summed E-state index contributed by atoms with van der Waals surface area (Å²) in [5.74, 6) is 3.39. The van der Waals surface area contributed by atoms with E-state index < -0.39 is 0 Å². The maximum absolute atomic E-state index is 11.4. The van der Waals surface area contributed by atoms with Gasteiger partial charge in [0.2, 0.25) is 0 Å². The van der Waals surface area contributed by atoms with Gasteiger partial charge in [0, 0.05) is 6.04 Å². The van der Waals surface area contributed by atoms with Gasteiger partial charge in [0.25, 0.3) is 0 Å². The summed E-state index contributed by atoms with van der Waals surface area (Å²) in [4.78, 5) is 2.64. The topological polar surface area (TPSA) is 36.0 Å². The second-order valence-corrected chi connectivity index (χ2v) is 11.3. The molecular formula is C23H37NO2. The smallest absolute Gasteiger partial charge is 0.0847 e. The maximum atomic E-state index is 11.4. The van der Waals surface area contributed by atoms with Crippen LogP contribution in [0.5, 0.6) is 0 Å². The fourth-order valence-electron chi connectivity index (χ4n) is 8.93. The predicted octanol–water partition coefficient (Wildman–Crippen LogP) is 3.84. The highest BCUT2D eigenvalue weighted by Gasteiger charge is 2.65. The van der Waals surface area contributed by atoms with Crippen molar-refractivity contribution < 1.29 is 9.84 Å². The Balaban J connectivity index is 1.29. The van der Waals surface area contributed by atoms with Crippen molar-refractivity contribution in [1.82, 2.24) is 4.90 Å². The van der Waals surface area contributed by atoms with Gasteiger partial charge >= 0.3 is 0 Å². The highest BCUT2D eigenvalue weighted by Crippen LogP contribution is 2.68. The van der Waals surface area contributed by atoms with Crippen molar-refractivity contribution in [1.29, 1.82) is 0 Å². The van der Waals surface area contributed by atoms with Crippen LogP contribution in [0.3, 0.4) is 0 Å². The minimum atomic E-state index is -0.0976. The quantitative estimate of drug-likeness (QED) is 0.723. The van der Waals surface area contributed by atoms with E-state index in [4.69, 9.17) is 4.74 Å². The molecule has 0 bridgehead atoms. The molecule has 6 rings (SSSR count). The standard InChI is InChI=1S/C23H37NO2/c1-22-8-7-16-15(6-5-14-11-19-20(26-19)13-23(14,16)2)17(22)12-18(21(22)25)24-9-3-4-10-24/h14-21,25H,3-13H2,1-2H3/t14-,15+,16-,17-,18+,19+,20?,21-,22-,23-/m0/s1. The van der Waals surface area contributed by atoms with Crippen LogP contribution >= 0.6 is 0 Å². The summed E-state index contributed by atoms with van der Waals surface area (Å²) in [6.45, 7) is 7.51. The first-order valence-electron chi connectivity index (χ1n) is 11.6. The van der Waals surface area contributed by atoms with Gasteiger partial charge in [0.15, 0.2) is 0 Å². The van der Waals surface area contributed by atoms with E-state index in [1.807, 2.05) is 0 Å². The van der Waals surface area contributed by atoms with Crippen LogP contribution < -0.4 is 0 Å². The summed E-state index contributed by atoms with van der Waals surface area (Å²) >= 11 is 0. The summed E-state index contributed by atoms with van der Waals surface area (Å²) in [7, 11) is 0. The fourth-order valence-corrected chi connectivity index (χ4v) is 8.93. The number of hydrogen-bond acceptors (Lipinski definition) is 3. The monoisotopic (exact) mass is 359 g/mol. The van der Waals surface area contributed by atoms with Crippen molar-refractivity contribution in [3.8, 4) is 0 Å². The van der Waals surface area contributed by atoms with Gasteiger partial charge in [-0.15, -0.1) is 0 Å². The number of ether oxygens (including phenoxy) is 1. The maximum Gasteiger partial charge on any atom is 0.0847 e. The molecule has 1 N–H and O–H groups in total. The summed E-state index contributed by atoms with van der Waals surface area (Å²) in [6, 6.07) is 0.444. The Labute approximate surface area is 158 Å². The van der Waals surface area contributed by atoms with E-state index in [0.717, 1.165) is 23.7 Å². The van der Waals surface area contributed by atoms with Gasteiger partial charge < -0.3 is 9.84 Å².